The van der Waals surface area contributed by atoms with E-state index in [1.165, 1.54) is 0 Å². The van der Waals surface area contributed by atoms with Crippen LogP contribution >= 0.6 is 0 Å². The molecule has 4 N–H and O–H groups in total. The van der Waals surface area contributed by atoms with Gasteiger partial charge in [0.05, 0.1) is 24.2 Å². The highest BCUT2D eigenvalue weighted by atomic mass is 16.2. The van der Waals surface area contributed by atoms with Crippen molar-refractivity contribution in [2.45, 2.75) is 266 Å². The molecular weight excluding hydrogens is 1030 g/mol. The molecule has 16 heteroatoms. The van der Waals surface area contributed by atoms with Crippen LogP contribution in [0.5, 0.6) is 0 Å². The third-order valence-corrected chi connectivity index (χ3v) is 19.7. The highest BCUT2D eigenvalue weighted by molar-refractivity contribution is 5.83. The number of carbonyl (C=O) groups excluding carboxylic acids is 8. The van der Waals surface area contributed by atoms with Crippen molar-refractivity contribution in [2.75, 3.05) is 62.9 Å². The highest BCUT2D eigenvalue weighted by Crippen LogP contribution is 2.55. The lowest BCUT2D eigenvalue weighted by Gasteiger charge is -2.57. The fraction of sp³-hybridized carbons (Fsp3) is 0.879. The van der Waals surface area contributed by atoms with E-state index in [9.17, 15) is 38.4 Å². The summed E-state index contributed by atoms with van der Waals surface area (Å²) >= 11 is 0. The van der Waals surface area contributed by atoms with E-state index < -0.39 is 68.6 Å². The molecule has 0 aromatic carbocycles. The van der Waals surface area contributed by atoms with Crippen molar-refractivity contribution in [1.82, 2.24) is 40.9 Å². The molecule has 6 unspecified atom stereocenters. The summed E-state index contributed by atoms with van der Waals surface area (Å²) in [5.41, 5.74) is -5.05. The summed E-state index contributed by atoms with van der Waals surface area (Å²) in [7, 11) is 14.9. The van der Waals surface area contributed by atoms with Crippen molar-refractivity contribution in [3.63, 3.8) is 0 Å². The van der Waals surface area contributed by atoms with Crippen molar-refractivity contribution in [3.05, 3.63) is 0 Å². The van der Waals surface area contributed by atoms with Gasteiger partial charge in [0.25, 0.3) is 0 Å². The molecule has 2 saturated carbocycles. The SMILES string of the molecule is C.CC.CC.[2H]C(=O)C(C)(C)C(C)(C)C(C)(C)C(C)(C)NC(=O)C(C)N(C)C.[2H]C(=O)C(C)(C)C(C)(C)C(C)(C)NC(=O)C(C)N(C)C.[2H]C(=O)C(C)(C)C1CCCCC1NC(=O)[C@H](C)N(C)C.[2H]C(=O)C1CCCCC1CNC(=O)[C@H](C)N(C)C. The summed E-state index contributed by atoms with van der Waals surface area (Å²) in [6, 6.07) is -0.840. The van der Waals surface area contributed by atoms with Crippen molar-refractivity contribution in [2.24, 2.45) is 50.2 Å². The smallest absolute Gasteiger partial charge is 0.237 e. The second-order valence-corrected chi connectivity index (χ2v) is 27.5. The van der Waals surface area contributed by atoms with Gasteiger partial charge in [-0.25, -0.2) is 0 Å². The topological polar surface area (TPSA) is 198 Å². The lowest BCUT2D eigenvalue weighted by Crippen LogP contribution is -2.64. The van der Waals surface area contributed by atoms with Crippen LogP contribution in [0, 0.1) is 50.2 Å². The molecule has 82 heavy (non-hydrogen) atoms. The van der Waals surface area contributed by atoms with Gasteiger partial charge in [0.2, 0.25) is 23.6 Å². The molecule has 2 rings (SSSR count). The summed E-state index contributed by atoms with van der Waals surface area (Å²) in [5, 5.41) is 12.2. The summed E-state index contributed by atoms with van der Waals surface area (Å²) in [6.45, 7) is 46.4. The molecular formula is C66H134N8O8. The Morgan fingerprint density at radius 1 is 0.476 bits per heavy atom. The number of nitrogens with zero attached hydrogens (tertiary/aromatic N) is 4. The number of rotatable bonds is 23. The molecule has 0 aromatic rings. The summed E-state index contributed by atoms with van der Waals surface area (Å²) in [5.74, 6) is -0.127. The second kappa shape index (κ2) is 37.7. The van der Waals surface area contributed by atoms with Crippen molar-refractivity contribution >= 4 is 48.7 Å². The van der Waals surface area contributed by atoms with Crippen molar-refractivity contribution in [1.29, 1.82) is 0 Å². The summed E-state index contributed by atoms with van der Waals surface area (Å²) < 4.78 is 29.9. The first-order valence-electron chi connectivity index (χ1n) is 32.1. The van der Waals surface area contributed by atoms with Crippen LogP contribution in [0.25, 0.3) is 0 Å². The lowest BCUT2D eigenvalue weighted by atomic mass is 9.50. The van der Waals surface area contributed by atoms with Gasteiger partial charge in [-0.3, -0.25) is 38.8 Å². The van der Waals surface area contributed by atoms with E-state index in [1.807, 2.05) is 214 Å². The zero-order valence-corrected chi connectivity index (χ0v) is 58.0. The van der Waals surface area contributed by atoms with Gasteiger partial charge in [-0.15, -0.1) is 0 Å². The predicted octanol–water partition coefficient (Wildman–Crippen LogP) is 10.8. The molecule has 0 spiro atoms. The molecule has 2 fully saturated rings. The highest BCUT2D eigenvalue weighted by Gasteiger charge is 2.55. The summed E-state index contributed by atoms with van der Waals surface area (Å²) in [4.78, 5) is 103. The Bertz CT molecular complexity index is 2110. The Hall–Kier alpha value is -3.60. The number of nitrogens with one attached hydrogen (secondary N) is 4. The third kappa shape index (κ3) is 25.2. The standard InChI is InChI=1S/C18H36N2O2.C15H28N2O2.C15H30N2O2.C13H24N2O2.2C2H6.CH4/c1-13(20(10)11)14(22)19-18(8,9)17(6,7)16(4,5)15(2,3)12-21;1-11(17(4)5)14(19)16-13-9-7-6-8-12(13)15(2,3)10-18;1-11(17(8)9)12(19)16-15(6,7)14(4,5)13(2,3)10-18;1-10(15(2)3)13(17)14-8-11-6-4-5-7-12(11)9-16;2*1-2;/h12-13H,1-11H3,(H,19,22);10-13H,6-9H2,1-5H3,(H,16,19);10-11H,1-9H3,(H,16,19);9-12H,4-8H2,1-3H3,(H,14,17);2*1-2H3;1H4/t;11-,12?,13?;;10-,11?,12?;;;/m.0.0.../s1/i12D;2*10D;9D;;;. The van der Waals surface area contributed by atoms with E-state index in [-0.39, 0.29) is 79.0 Å². The van der Waals surface area contributed by atoms with E-state index in [1.54, 1.807) is 13.8 Å². The van der Waals surface area contributed by atoms with Crippen LogP contribution in [0.15, 0.2) is 0 Å². The average Bonchev–Trinajstić information content (AvgIpc) is 3.40. The maximum atomic E-state index is 12.5. The maximum absolute atomic E-state index is 12.5. The predicted molar refractivity (Wildman–Crippen MR) is 346 cm³/mol. The van der Waals surface area contributed by atoms with Crippen molar-refractivity contribution < 1.29 is 43.8 Å². The van der Waals surface area contributed by atoms with Gasteiger partial charge in [0, 0.05) is 45.8 Å². The van der Waals surface area contributed by atoms with E-state index in [0.717, 1.165) is 51.4 Å². The van der Waals surface area contributed by atoms with E-state index >= 15 is 0 Å². The minimum Gasteiger partial charge on any atom is -0.354 e. The molecule has 0 saturated heterocycles. The molecule has 2 aliphatic carbocycles. The monoisotopic (exact) mass is 1170 g/mol. The van der Waals surface area contributed by atoms with E-state index in [0.29, 0.717) is 6.54 Å². The maximum Gasteiger partial charge on any atom is 0.237 e. The number of hydrogen-bond acceptors (Lipinski definition) is 12. The molecule has 486 valence electrons. The number of hydrogen-bond donors (Lipinski definition) is 4. The van der Waals surface area contributed by atoms with Crippen LogP contribution in [-0.2, 0) is 38.4 Å². The molecule has 0 bridgehead atoms. The Kier molecular flexibility index (Phi) is 36.1. The number of likely N-dealkylation sites (N-methyl/N-ethyl adjacent to an activating group) is 4. The summed E-state index contributed by atoms with van der Waals surface area (Å²) in [6.07, 6.45) is 5.56. The zero-order valence-electron chi connectivity index (χ0n) is 62.0. The first-order chi connectivity index (χ1) is 38.2. The zero-order chi connectivity index (χ0) is 68.7. The Morgan fingerprint density at radius 2 is 0.805 bits per heavy atom. The number of carbonyl (C=O) groups is 8. The molecule has 2 aliphatic rings. The quantitative estimate of drug-likeness (QED) is 0.0708. The van der Waals surface area contributed by atoms with Gasteiger partial charge in [-0.05, 0) is 166 Å². The van der Waals surface area contributed by atoms with Crippen LogP contribution < -0.4 is 21.3 Å². The van der Waals surface area contributed by atoms with Crippen LogP contribution in [0.2, 0.25) is 0 Å². The van der Waals surface area contributed by atoms with Gasteiger partial charge in [0.15, 0.2) is 0 Å². The molecule has 0 aliphatic heterocycles. The molecule has 8 atom stereocenters. The van der Waals surface area contributed by atoms with Gasteiger partial charge in [0.1, 0.15) is 30.5 Å². The minimum atomic E-state index is -0.856. The third-order valence-electron chi connectivity index (χ3n) is 19.7. The van der Waals surface area contributed by atoms with E-state index in [2.05, 4.69) is 35.1 Å². The van der Waals surface area contributed by atoms with Gasteiger partial charge in [-0.2, -0.15) is 0 Å². The first kappa shape index (κ1) is 78.4. The van der Waals surface area contributed by atoms with Crippen LogP contribution in [0.4, 0.5) is 0 Å². The average molecular weight is 1170 g/mol. The van der Waals surface area contributed by atoms with E-state index in [4.69, 9.17) is 5.48 Å². The molecule has 0 heterocycles. The molecule has 16 nitrogen and oxygen atoms in total. The first-order valence-corrected chi connectivity index (χ1v) is 30.1. The van der Waals surface area contributed by atoms with Crippen molar-refractivity contribution in [3.8, 4) is 0 Å². The Balaban J connectivity index is -0.000000332. The second-order valence-electron chi connectivity index (χ2n) is 27.5. The molecule has 4 amide bonds. The van der Waals surface area contributed by atoms with Crippen LogP contribution in [-0.4, -0.2) is 172 Å². The molecule has 0 aromatic heterocycles. The van der Waals surface area contributed by atoms with Gasteiger partial charge >= 0.3 is 0 Å². The largest absolute Gasteiger partial charge is 0.354 e. The Labute approximate surface area is 511 Å². The van der Waals surface area contributed by atoms with Gasteiger partial charge < -0.3 is 40.4 Å². The normalized spacial score (nSPS) is 20.1. The fourth-order valence-corrected chi connectivity index (χ4v) is 9.21. The lowest BCUT2D eigenvalue weighted by molar-refractivity contribution is -0.137. The van der Waals surface area contributed by atoms with Gasteiger partial charge in [-0.1, -0.05) is 144 Å². The Morgan fingerprint density at radius 3 is 1.17 bits per heavy atom. The fourth-order valence-electron chi connectivity index (χ4n) is 9.21. The minimum absolute atomic E-state index is 0. The van der Waals surface area contributed by atoms with Crippen LogP contribution in [0.1, 0.15) is 230 Å². The number of amides is 4. The number of aldehydes is 4. The molecule has 0 radical (unpaired) electrons. The van der Waals surface area contributed by atoms with Crippen LogP contribution in [0.3, 0.4) is 0 Å².